The summed E-state index contributed by atoms with van der Waals surface area (Å²) < 4.78 is 7.04. The molecule has 18 heavy (non-hydrogen) atoms. The van der Waals surface area contributed by atoms with Gasteiger partial charge in [0.15, 0.2) is 0 Å². The van der Waals surface area contributed by atoms with Crippen molar-refractivity contribution >= 4 is 11.6 Å². The molecule has 0 aliphatic rings. The normalized spacial score (nSPS) is 10.3. The Morgan fingerprint density at radius 1 is 1.28 bits per heavy atom. The van der Waals surface area contributed by atoms with Gasteiger partial charge in [0.1, 0.15) is 6.61 Å². The van der Waals surface area contributed by atoms with E-state index in [1.54, 1.807) is 0 Å². The van der Waals surface area contributed by atoms with E-state index in [4.69, 9.17) is 4.74 Å². The summed E-state index contributed by atoms with van der Waals surface area (Å²) in [6, 6.07) is 11.6. The van der Waals surface area contributed by atoms with E-state index in [1.165, 1.54) is 0 Å². The molecule has 1 amide bonds. The molecule has 0 spiro atoms. The number of carbonyl (C=O) groups excluding carboxylic acids is 1. The van der Waals surface area contributed by atoms with Crippen molar-refractivity contribution < 1.29 is 9.53 Å². The van der Waals surface area contributed by atoms with Crippen molar-refractivity contribution in [3.05, 3.63) is 48.8 Å². The predicted octanol–water partition coefficient (Wildman–Crippen LogP) is 2.45. The molecular formula is C14H16N2O2. The molecule has 1 aromatic heterocycles. The fraction of sp³-hybridized carbons (Fsp3) is 0.214. The number of nitrogens with zero attached hydrogens (tertiary/aromatic N) is 1. The average molecular weight is 244 g/mol. The lowest BCUT2D eigenvalue weighted by Crippen LogP contribution is -2.18. The molecule has 4 nitrogen and oxygen atoms in total. The molecule has 0 aliphatic carbocycles. The molecule has 94 valence electrons. The van der Waals surface area contributed by atoms with Crippen LogP contribution in [0.25, 0.3) is 5.69 Å². The van der Waals surface area contributed by atoms with Crippen molar-refractivity contribution in [2.24, 2.45) is 0 Å². The Bertz CT molecular complexity index is 506. The number of hydrogen-bond donors (Lipinski definition) is 1. The third-order valence-electron chi connectivity index (χ3n) is 2.47. The van der Waals surface area contributed by atoms with Crippen LogP contribution in [0.2, 0.25) is 0 Å². The third-order valence-corrected chi connectivity index (χ3v) is 2.47. The largest absolute Gasteiger partial charge is 0.372 e. The Balaban J connectivity index is 2.06. The van der Waals surface area contributed by atoms with Crippen LogP contribution < -0.4 is 5.32 Å². The van der Waals surface area contributed by atoms with Crippen LogP contribution in [0.1, 0.15) is 6.92 Å². The van der Waals surface area contributed by atoms with Gasteiger partial charge in [-0.3, -0.25) is 4.79 Å². The van der Waals surface area contributed by atoms with Gasteiger partial charge >= 0.3 is 0 Å². The Morgan fingerprint density at radius 3 is 2.78 bits per heavy atom. The van der Waals surface area contributed by atoms with E-state index in [0.717, 1.165) is 11.4 Å². The SMILES string of the molecule is CCOCC(=O)Nc1cccc(-n2cccc2)c1. The first-order valence-corrected chi connectivity index (χ1v) is 5.90. The van der Waals surface area contributed by atoms with Gasteiger partial charge in [-0.15, -0.1) is 0 Å². The summed E-state index contributed by atoms with van der Waals surface area (Å²) in [6.45, 7) is 2.49. The zero-order valence-electron chi connectivity index (χ0n) is 10.3. The summed E-state index contributed by atoms with van der Waals surface area (Å²) in [7, 11) is 0. The second-order valence-corrected chi connectivity index (χ2v) is 3.83. The first kappa shape index (κ1) is 12.4. The Morgan fingerprint density at radius 2 is 2.06 bits per heavy atom. The molecule has 0 unspecified atom stereocenters. The highest BCUT2D eigenvalue weighted by atomic mass is 16.5. The van der Waals surface area contributed by atoms with Gasteiger partial charge in [-0.25, -0.2) is 0 Å². The first-order valence-electron chi connectivity index (χ1n) is 5.90. The number of hydrogen-bond acceptors (Lipinski definition) is 2. The van der Waals surface area contributed by atoms with E-state index in [2.05, 4.69) is 5.32 Å². The monoisotopic (exact) mass is 244 g/mol. The van der Waals surface area contributed by atoms with Gasteiger partial charge in [0.25, 0.3) is 0 Å². The summed E-state index contributed by atoms with van der Waals surface area (Å²) in [5.41, 5.74) is 1.78. The van der Waals surface area contributed by atoms with Gasteiger partial charge < -0.3 is 14.6 Å². The van der Waals surface area contributed by atoms with Gasteiger partial charge in [-0.05, 0) is 37.3 Å². The molecule has 4 heteroatoms. The molecular weight excluding hydrogens is 228 g/mol. The molecule has 0 bridgehead atoms. The molecule has 1 aromatic carbocycles. The van der Waals surface area contributed by atoms with E-state index >= 15 is 0 Å². The summed E-state index contributed by atoms with van der Waals surface area (Å²) in [5, 5.41) is 2.80. The Kier molecular flexibility index (Phi) is 4.15. The van der Waals surface area contributed by atoms with Crippen LogP contribution in [0.15, 0.2) is 48.8 Å². The molecule has 1 N–H and O–H groups in total. The number of rotatable bonds is 5. The fourth-order valence-corrected chi connectivity index (χ4v) is 1.64. The molecule has 2 aromatic rings. The van der Waals surface area contributed by atoms with E-state index in [9.17, 15) is 4.79 Å². The zero-order valence-corrected chi connectivity index (χ0v) is 10.3. The van der Waals surface area contributed by atoms with Crippen LogP contribution in [0.3, 0.4) is 0 Å². The molecule has 0 aliphatic heterocycles. The second-order valence-electron chi connectivity index (χ2n) is 3.83. The van der Waals surface area contributed by atoms with Crippen molar-refractivity contribution in [3.63, 3.8) is 0 Å². The highest BCUT2D eigenvalue weighted by molar-refractivity contribution is 5.91. The predicted molar refractivity (Wildman–Crippen MR) is 70.9 cm³/mol. The molecule has 0 atom stereocenters. The van der Waals surface area contributed by atoms with Crippen LogP contribution in [0.5, 0.6) is 0 Å². The summed E-state index contributed by atoms with van der Waals surface area (Å²) in [4.78, 5) is 11.5. The van der Waals surface area contributed by atoms with Crippen LogP contribution in [0.4, 0.5) is 5.69 Å². The number of ether oxygens (including phenoxy) is 1. The van der Waals surface area contributed by atoms with Gasteiger partial charge in [-0.1, -0.05) is 6.07 Å². The lowest BCUT2D eigenvalue weighted by atomic mass is 10.2. The highest BCUT2D eigenvalue weighted by Gasteiger charge is 2.03. The zero-order chi connectivity index (χ0) is 12.8. The maximum Gasteiger partial charge on any atom is 0.250 e. The van der Waals surface area contributed by atoms with Crippen molar-refractivity contribution in [2.75, 3.05) is 18.5 Å². The number of aromatic nitrogens is 1. The molecule has 0 saturated heterocycles. The average Bonchev–Trinajstić information content (AvgIpc) is 2.90. The Labute approximate surface area is 106 Å². The lowest BCUT2D eigenvalue weighted by molar-refractivity contribution is -0.120. The van der Waals surface area contributed by atoms with Crippen LogP contribution >= 0.6 is 0 Å². The van der Waals surface area contributed by atoms with E-state index in [-0.39, 0.29) is 12.5 Å². The number of anilines is 1. The minimum Gasteiger partial charge on any atom is -0.372 e. The first-order chi connectivity index (χ1) is 8.79. The van der Waals surface area contributed by atoms with Crippen LogP contribution in [-0.4, -0.2) is 23.7 Å². The number of amides is 1. The van der Waals surface area contributed by atoms with Gasteiger partial charge in [0, 0.05) is 30.4 Å². The number of benzene rings is 1. The quantitative estimate of drug-likeness (QED) is 0.878. The summed E-state index contributed by atoms with van der Waals surface area (Å²) >= 11 is 0. The minimum atomic E-state index is -0.137. The van der Waals surface area contributed by atoms with Crippen molar-refractivity contribution in [1.82, 2.24) is 4.57 Å². The van der Waals surface area contributed by atoms with Crippen molar-refractivity contribution in [3.8, 4) is 5.69 Å². The third kappa shape index (κ3) is 3.21. The minimum absolute atomic E-state index is 0.0875. The smallest absolute Gasteiger partial charge is 0.250 e. The van der Waals surface area contributed by atoms with Crippen LogP contribution in [-0.2, 0) is 9.53 Å². The molecule has 0 saturated carbocycles. The maximum atomic E-state index is 11.5. The topological polar surface area (TPSA) is 43.3 Å². The molecule has 1 heterocycles. The number of carbonyl (C=O) groups is 1. The lowest BCUT2D eigenvalue weighted by Gasteiger charge is -2.08. The van der Waals surface area contributed by atoms with E-state index < -0.39 is 0 Å². The standard InChI is InChI=1S/C14H16N2O2/c1-2-18-11-14(17)15-12-6-5-7-13(10-12)16-8-3-4-9-16/h3-10H,2,11H2,1H3,(H,15,17). The van der Waals surface area contributed by atoms with Gasteiger partial charge in [0.05, 0.1) is 0 Å². The highest BCUT2D eigenvalue weighted by Crippen LogP contribution is 2.14. The van der Waals surface area contributed by atoms with E-state index in [0.29, 0.717) is 6.61 Å². The van der Waals surface area contributed by atoms with Crippen molar-refractivity contribution in [1.29, 1.82) is 0 Å². The number of nitrogens with one attached hydrogen (secondary N) is 1. The second kappa shape index (κ2) is 6.02. The molecule has 2 rings (SSSR count). The molecule has 0 radical (unpaired) electrons. The summed E-state index contributed by atoms with van der Waals surface area (Å²) in [6.07, 6.45) is 3.92. The fourth-order valence-electron chi connectivity index (χ4n) is 1.64. The van der Waals surface area contributed by atoms with Gasteiger partial charge in [-0.2, -0.15) is 0 Å². The maximum absolute atomic E-state index is 11.5. The Hall–Kier alpha value is -2.07. The van der Waals surface area contributed by atoms with Crippen molar-refractivity contribution in [2.45, 2.75) is 6.92 Å². The van der Waals surface area contributed by atoms with Crippen LogP contribution in [0, 0.1) is 0 Å². The van der Waals surface area contributed by atoms with Gasteiger partial charge in [0.2, 0.25) is 5.91 Å². The molecule has 0 fully saturated rings. The van der Waals surface area contributed by atoms with E-state index in [1.807, 2.05) is 60.3 Å². The summed E-state index contributed by atoms with van der Waals surface area (Å²) in [5.74, 6) is -0.137.